The van der Waals surface area contributed by atoms with E-state index in [4.69, 9.17) is 9.47 Å². The average molecular weight is 272 g/mol. The summed E-state index contributed by atoms with van der Waals surface area (Å²) in [5, 5.41) is 0. The Kier molecular flexibility index (Phi) is 6.73. The molecule has 2 rings (SSSR count). The topological polar surface area (TPSA) is 18.5 Å². The summed E-state index contributed by atoms with van der Waals surface area (Å²) in [6.07, 6.45) is 10.2. The van der Waals surface area contributed by atoms with Crippen LogP contribution in [0.2, 0.25) is 0 Å². The van der Waals surface area contributed by atoms with E-state index in [1.165, 1.54) is 24.8 Å². The fourth-order valence-corrected chi connectivity index (χ4v) is 1.90. The van der Waals surface area contributed by atoms with Gasteiger partial charge in [0, 0.05) is 5.57 Å². The molecule has 2 heteroatoms. The Labute approximate surface area is 122 Å². The zero-order valence-electron chi connectivity index (χ0n) is 13.2. The zero-order valence-corrected chi connectivity index (χ0v) is 13.2. The van der Waals surface area contributed by atoms with E-state index in [1.54, 1.807) is 19.8 Å². The van der Waals surface area contributed by atoms with Crippen molar-refractivity contribution in [3.8, 4) is 0 Å². The molecule has 0 unspecified atom stereocenters. The molecule has 0 atom stereocenters. The van der Waals surface area contributed by atoms with Crippen molar-refractivity contribution in [3.05, 3.63) is 57.9 Å². The standard InChI is InChI=1S/C9H10O2.C9H14/c1-7-4-5-8(10-2)9(6-7)11-3;1-3-9-6-4-8(2)5-7-9/h6H,1-3H3;4,6H,3,5,7H2,1-2H3. The molecule has 0 aliphatic heterocycles. The van der Waals surface area contributed by atoms with Gasteiger partial charge in [0.15, 0.2) is 5.76 Å². The highest BCUT2D eigenvalue weighted by Crippen LogP contribution is 2.19. The summed E-state index contributed by atoms with van der Waals surface area (Å²) >= 11 is 0. The highest BCUT2D eigenvalue weighted by Gasteiger charge is 2.06. The lowest BCUT2D eigenvalue weighted by molar-refractivity contribution is 0.220. The Bertz CT molecular complexity index is 532. The van der Waals surface area contributed by atoms with Crippen LogP contribution in [0.15, 0.2) is 57.9 Å². The molecule has 2 aliphatic rings. The first-order chi connectivity index (χ1) is 9.60. The molecule has 0 aromatic carbocycles. The predicted octanol–water partition coefficient (Wildman–Crippen LogP) is 4.82. The van der Waals surface area contributed by atoms with Crippen molar-refractivity contribution in [1.29, 1.82) is 0 Å². The smallest absolute Gasteiger partial charge is 0.212 e. The number of rotatable bonds is 3. The van der Waals surface area contributed by atoms with E-state index in [9.17, 15) is 0 Å². The lowest BCUT2D eigenvalue weighted by Gasteiger charge is -2.08. The third-order valence-electron chi connectivity index (χ3n) is 3.27. The first kappa shape index (κ1) is 16.2. The Morgan fingerprint density at radius 2 is 1.80 bits per heavy atom. The maximum Gasteiger partial charge on any atom is 0.212 e. The first-order valence-corrected chi connectivity index (χ1v) is 6.98. The van der Waals surface area contributed by atoms with Crippen molar-refractivity contribution in [3.63, 3.8) is 0 Å². The van der Waals surface area contributed by atoms with E-state index >= 15 is 0 Å². The van der Waals surface area contributed by atoms with Crippen molar-refractivity contribution >= 4 is 0 Å². The summed E-state index contributed by atoms with van der Waals surface area (Å²) in [6, 6.07) is 0. The maximum atomic E-state index is 5.04. The van der Waals surface area contributed by atoms with Crippen molar-refractivity contribution in [1.82, 2.24) is 0 Å². The van der Waals surface area contributed by atoms with Gasteiger partial charge in [0.1, 0.15) is 0 Å². The molecule has 0 amide bonds. The summed E-state index contributed by atoms with van der Waals surface area (Å²) in [7, 11) is 3.18. The van der Waals surface area contributed by atoms with Crippen LogP contribution in [0.5, 0.6) is 0 Å². The van der Waals surface area contributed by atoms with Crippen LogP contribution in [0.4, 0.5) is 0 Å². The molecule has 0 radical (unpaired) electrons. The van der Waals surface area contributed by atoms with E-state index in [0.717, 1.165) is 5.57 Å². The van der Waals surface area contributed by atoms with Crippen LogP contribution in [0.1, 0.15) is 40.0 Å². The Balaban J connectivity index is 0.000000204. The normalized spacial score (nSPS) is 16.8. The summed E-state index contributed by atoms with van der Waals surface area (Å²) in [5.41, 5.74) is 9.84. The fourth-order valence-electron chi connectivity index (χ4n) is 1.90. The molecule has 20 heavy (non-hydrogen) atoms. The second-order valence-corrected chi connectivity index (χ2v) is 4.87. The molecule has 0 heterocycles. The molecular formula is C18H24O2. The quantitative estimate of drug-likeness (QED) is 0.685. The number of allylic oxidation sites excluding steroid dienone is 6. The third kappa shape index (κ3) is 5.01. The van der Waals surface area contributed by atoms with Gasteiger partial charge in [0.05, 0.1) is 14.2 Å². The van der Waals surface area contributed by atoms with Gasteiger partial charge in [-0.1, -0.05) is 36.0 Å². The van der Waals surface area contributed by atoms with Gasteiger partial charge in [0.25, 0.3) is 0 Å². The average Bonchev–Trinajstić information content (AvgIpc) is 2.48. The van der Waals surface area contributed by atoms with Crippen molar-refractivity contribution in [2.24, 2.45) is 0 Å². The lowest BCUT2D eigenvalue weighted by atomic mass is 9.98. The van der Waals surface area contributed by atoms with Gasteiger partial charge in [-0.2, -0.15) is 0 Å². The van der Waals surface area contributed by atoms with Crippen LogP contribution in [0, 0.1) is 0 Å². The van der Waals surface area contributed by atoms with Crippen molar-refractivity contribution in [2.45, 2.75) is 40.0 Å². The van der Waals surface area contributed by atoms with Gasteiger partial charge >= 0.3 is 0 Å². The van der Waals surface area contributed by atoms with Gasteiger partial charge in [-0.3, -0.25) is 0 Å². The van der Waals surface area contributed by atoms with E-state index < -0.39 is 0 Å². The summed E-state index contributed by atoms with van der Waals surface area (Å²) in [6.45, 7) is 6.35. The van der Waals surface area contributed by atoms with E-state index in [-0.39, 0.29) is 0 Å². The molecule has 0 spiro atoms. The molecule has 0 N–H and O–H groups in total. The van der Waals surface area contributed by atoms with E-state index in [0.29, 0.717) is 11.5 Å². The lowest BCUT2D eigenvalue weighted by Crippen LogP contribution is -1.96. The Morgan fingerprint density at radius 3 is 2.30 bits per heavy atom. The molecule has 0 saturated heterocycles. The van der Waals surface area contributed by atoms with Crippen LogP contribution >= 0.6 is 0 Å². The van der Waals surface area contributed by atoms with E-state index in [2.05, 4.69) is 37.5 Å². The summed E-state index contributed by atoms with van der Waals surface area (Å²) in [4.78, 5) is 0. The predicted molar refractivity (Wildman–Crippen MR) is 83.2 cm³/mol. The van der Waals surface area contributed by atoms with Crippen molar-refractivity contribution in [2.75, 3.05) is 14.2 Å². The second-order valence-electron chi connectivity index (χ2n) is 4.87. The van der Waals surface area contributed by atoms with Crippen molar-refractivity contribution < 1.29 is 9.47 Å². The Morgan fingerprint density at radius 1 is 1.05 bits per heavy atom. The monoisotopic (exact) mass is 272 g/mol. The molecule has 0 bridgehead atoms. The van der Waals surface area contributed by atoms with Crippen LogP contribution in [0.3, 0.4) is 0 Å². The molecule has 2 nitrogen and oxygen atoms in total. The largest absolute Gasteiger partial charge is 0.492 e. The molecule has 0 aromatic rings. The SMILES string of the molecule is CCC1=CC=C(C)CC1.COC1=C=C=C(C)C=C1OC. The molecule has 2 aliphatic carbocycles. The number of hydrogen-bond acceptors (Lipinski definition) is 2. The van der Waals surface area contributed by atoms with E-state index in [1.807, 2.05) is 13.0 Å². The number of ether oxygens (including phenoxy) is 2. The summed E-state index contributed by atoms with van der Waals surface area (Å²) < 4.78 is 10.0. The first-order valence-electron chi connectivity index (χ1n) is 6.98. The minimum absolute atomic E-state index is 0.595. The minimum atomic E-state index is 0.595. The molecular weight excluding hydrogens is 248 g/mol. The third-order valence-corrected chi connectivity index (χ3v) is 3.27. The molecule has 0 fully saturated rings. The highest BCUT2D eigenvalue weighted by atomic mass is 16.5. The van der Waals surface area contributed by atoms with Crippen LogP contribution in [0.25, 0.3) is 0 Å². The molecule has 0 aromatic heterocycles. The van der Waals surface area contributed by atoms with Gasteiger partial charge in [-0.15, -0.1) is 0 Å². The number of methoxy groups -OCH3 is 2. The Hall–Kier alpha value is -1.88. The van der Waals surface area contributed by atoms with Crippen LogP contribution < -0.4 is 0 Å². The van der Waals surface area contributed by atoms with Gasteiger partial charge in [-0.25, -0.2) is 0 Å². The fraction of sp³-hybridized carbons (Fsp3) is 0.444. The van der Waals surface area contributed by atoms with Crippen LogP contribution in [-0.2, 0) is 9.47 Å². The molecule has 0 saturated carbocycles. The van der Waals surface area contributed by atoms with Gasteiger partial charge in [0.2, 0.25) is 5.76 Å². The minimum Gasteiger partial charge on any atom is -0.492 e. The zero-order chi connectivity index (χ0) is 15.0. The summed E-state index contributed by atoms with van der Waals surface area (Å²) in [5.74, 6) is 1.29. The van der Waals surface area contributed by atoms with Gasteiger partial charge in [-0.05, 0) is 44.9 Å². The highest BCUT2D eigenvalue weighted by molar-refractivity contribution is 5.32. The second kappa shape index (κ2) is 8.32. The van der Waals surface area contributed by atoms with Crippen LogP contribution in [-0.4, -0.2) is 14.2 Å². The van der Waals surface area contributed by atoms with Gasteiger partial charge < -0.3 is 9.47 Å². The molecule has 108 valence electrons. The number of hydrogen-bond donors (Lipinski definition) is 0. The maximum absolute atomic E-state index is 5.04.